The van der Waals surface area contributed by atoms with Crippen LogP contribution in [-0.4, -0.2) is 34.7 Å². The van der Waals surface area contributed by atoms with Crippen molar-refractivity contribution in [1.82, 2.24) is 15.1 Å². The van der Waals surface area contributed by atoms with Crippen molar-refractivity contribution in [1.29, 1.82) is 0 Å². The molecule has 1 aromatic heterocycles. The highest BCUT2D eigenvalue weighted by Gasteiger charge is 2.13. The van der Waals surface area contributed by atoms with Gasteiger partial charge in [-0.3, -0.25) is 5.10 Å². The molecule has 2 rings (SSSR count). The van der Waals surface area contributed by atoms with Gasteiger partial charge in [-0.25, -0.2) is 0 Å². The van der Waals surface area contributed by atoms with Crippen molar-refractivity contribution in [3.63, 3.8) is 0 Å². The van der Waals surface area contributed by atoms with E-state index in [0.717, 1.165) is 18.7 Å². The van der Waals surface area contributed by atoms with Crippen LogP contribution in [0, 0.1) is 0 Å². The zero-order valence-corrected chi connectivity index (χ0v) is 8.85. The highest BCUT2D eigenvalue weighted by Crippen LogP contribution is 2.19. The average molecular weight is 215 g/mol. The molecular weight excluding hydrogens is 200 g/mol. The molecule has 0 aliphatic carbocycles. The average Bonchev–Trinajstić information content (AvgIpc) is 2.77. The molecule has 0 aromatic carbocycles. The lowest BCUT2D eigenvalue weighted by Crippen LogP contribution is -2.22. The minimum Gasteiger partial charge on any atom is -0.395 e. The summed E-state index contributed by atoms with van der Waals surface area (Å²) in [6.45, 7) is 3.46. The number of likely N-dealkylation sites (tertiary alicyclic amines) is 1. The van der Waals surface area contributed by atoms with Gasteiger partial charge in [-0.2, -0.15) is 5.10 Å². The van der Waals surface area contributed by atoms with E-state index >= 15 is 0 Å². The van der Waals surface area contributed by atoms with Gasteiger partial charge in [0.15, 0.2) is 5.15 Å². The maximum Gasteiger partial charge on any atom is 0.173 e. The molecule has 78 valence electrons. The van der Waals surface area contributed by atoms with Gasteiger partial charge in [0.2, 0.25) is 0 Å². The van der Waals surface area contributed by atoms with Crippen LogP contribution in [0.25, 0.3) is 0 Å². The number of halogens is 1. The zero-order valence-electron chi connectivity index (χ0n) is 8.09. The minimum atomic E-state index is 0.390. The molecule has 1 aliphatic heterocycles. The number of rotatable bonds is 3. The largest absolute Gasteiger partial charge is 0.395 e. The van der Waals surface area contributed by atoms with Crippen LogP contribution in [0.5, 0.6) is 0 Å². The summed E-state index contributed by atoms with van der Waals surface area (Å²) in [4.78, 5) is 2.44. The second-order valence-electron chi connectivity index (χ2n) is 3.71. The van der Waals surface area contributed by atoms with Gasteiger partial charge in [-0.15, -0.1) is 0 Å². The SMILES string of the molecule is Nc1c(Cl)n[nH]c1CCN1CCCC1. The molecule has 0 radical (unpaired) electrons. The van der Waals surface area contributed by atoms with Gasteiger partial charge in [-0.1, -0.05) is 11.6 Å². The van der Waals surface area contributed by atoms with Gasteiger partial charge in [0, 0.05) is 13.0 Å². The number of hydrogen-bond acceptors (Lipinski definition) is 3. The first-order chi connectivity index (χ1) is 6.77. The molecule has 1 saturated heterocycles. The summed E-state index contributed by atoms with van der Waals surface area (Å²) in [5.41, 5.74) is 7.31. The Morgan fingerprint density at radius 3 is 2.71 bits per heavy atom. The highest BCUT2D eigenvalue weighted by atomic mass is 35.5. The van der Waals surface area contributed by atoms with E-state index in [1.807, 2.05) is 0 Å². The Balaban J connectivity index is 1.88. The first kappa shape index (κ1) is 9.80. The second kappa shape index (κ2) is 4.19. The van der Waals surface area contributed by atoms with Crippen molar-refractivity contribution in [2.45, 2.75) is 19.3 Å². The summed E-state index contributed by atoms with van der Waals surface area (Å²) in [6, 6.07) is 0. The van der Waals surface area contributed by atoms with Crippen LogP contribution in [0.3, 0.4) is 0 Å². The van der Waals surface area contributed by atoms with E-state index in [0.29, 0.717) is 10.8 Å². The molecule has 5 heteroatoms. The van der Waals surface area contributed by atoms with Crippen molar-refractivity contribution in [3.05, 3.63) is 10.8 Å². The van der Waals surface area contributed by atoms with Gasteiger partial charge < -0.3 is 10.6 Å². The van der Waals surface area contributed by atoms with Gasteiger partial charge in [0.1, 0.15) is 0 Å². The first-order valence-electron chi connectivity index (χ1n) is 4.98. The monoisotopic (exact) mass is 214 g/mol. The number of nitrogens with zero attached hydrogens (tertiary/aromatic N) is 2. The molecule has 0 bridgehead atoms. The Bertz CT molecular complexity index is 304. The van der Waals surface area contributed by atoms with E-state index in [1.165, 1.54) is 25.9 Å². The van der Waals surface area contributed by atoms with Crippen LogP contribution in [-0.2, 0) is 6.42 Å². The quantitative estimate of drug-likeness (QED) is 0.797. The topological polar surface area (TPSA) is 57.9 Å². The van der Waals surface area contributed by atoms with E-state index in [4.69, 9.17) is 17.3 Å². The lowest BCUT2D eigenvalue weighted by atomic mass is 10.2. The van der Waals surface area contributed by atoms with Crippen LogP contribution >= 0.6 is 11.6 Å². The summed E-state index contributed by atoms with van der Waals surface area (Å²) >= 11 is 5.74. The fourth-order valence-electron chi connectivity index (χ4n) is 1.83. The van der Waals surface area contributed by atoms with E-state index in [-0.39, 0.29) is 0 Å². The van der Waals surface area contributed by atoms with E-state index < -0.39 is 0 Å². The number of nitrogen functional groups attached to an aromatic ring is 1. The number of aromatic nitrogens is 2. The number of H-pyrrole nitrogens is 1. The number of anilines is 1. The molecule has 14 heavy (non-hydrogen) atoms. The van der Waals surface area contributed by atoms with Crippen LogP contribution in [0.15, 0.2) is 0 Å². The van der Waals surface area contributed by atoms with Crippen molar-refractivity contribution in [2.24, 2.45) is 0 Å². The van der Waals surface area contributed by atoms with Crippen LogP contribution in [0.2, 0.25) is 5.15 Å². The molecule has 0 unspecified atom stereocenters. The molecule has 1 aliphatic rings. The molecular formula is C9H15ClN4. The molecule has 2 heterocycles. The third-order valence-electron chi connectivity index (χ3n) is 2.71. The van der Waals surface area contributed by atoms with E-state index in [9.17, 15) is 0 Å². The fourth-order valence-corrected chi connectivity index (χ4v) is 1.98. The number of nitrogens with two attached hydrogens (primary N) is 1. The van der Waals surface area contributed by atoms with Crippen LogP contribution in [0.4, 0.5) is 5.69 Å². The highest BCUT2D eigenvalue weighted by molar-refractivity contribution is 6.31. The summed E-state index contributed by atoms with van der Waals surface area (Å²) in [7, 11) is 0. The predicted molar refractivity (Wildman–Crippen MR) is 57.4 cm³/mol. The van der Waals surface area contributed by atoms with E-state index in [1.54, 1.807) is 0 Å². The van der Waals surface area contributed by atoms with Gasteiger partial charge >= 0.3 is 0 Å². The Morgan fingerprint density at radius 1 is 1.43 bits per heavy atom. The lowest BCUT2D eigenvalue weighted by molar-refractivity contribution is 0.342. The van der Waals surface area contributed by atoms with E-state index in [2.05, 4.69) is 15.1 Å². The summed E-state index contributed by atoms with van der Waals surface area (Å²) in [5.74, 6) is 0. The maximum absolute atomic E-state index is 5.74. The van der Waals surface area contributed by atoms with Crippen LogP contribution < -0.4 is 5.73 Å². The fraction of sp³-hybridized carbons (Fsp3) is 0.667. The third kappa shape index (κ3) is 2.01. The van der Waals surface area contributed by atoms with Gasteiger partial charge in [-0.05, 0) is 25.9 Å². The molecule has 1 fully saturated rings. The Kier molecular flexibility index (Phi) is 2.93. The smallest absolute Gasteiger partial charge is 0.173 e. The molecule has 0 saturated carbocycles. The molecule has 4 nitrogen and oxygen atoms in total. The Hall–Kier alpha value is -0.740. The Labute approximate surface area is 88.4 Å². The first-order valence-corrected chi connectivity index (χ1v) is 5.36. The third-order valence-corrected chi connectivity index (χ3v) is 3.00. The Morgan fingerprint density at radius 2 is 2.14 bits per heavy atom. The summed E-state index contributed by atoms with van der Waals surface area (Å²) < 4.78 is 0. The number of hydrogen-bond donors (Lipinski definition) is 2. The van der Waals surface area contributed by atoms with Crippen molar-refractivity contribution in [3.8, 4) is 0 Å². The van der Waals surface area contributed by atoms with Crippen molar-refractivity contribution < 1.29 is 0 Å². The van der Waals surface area contributed by atoms with Gasteiger partial charge in [0.05, 0.1) is 11.4 Å². The number of aromatic amines is 1. The maximum atomic E-state index is 5.74. The summed E-state index contributed by atoms with van der Waals surface area (Å²) in [6.07, 6.45) is 3.55. The van der Waals surface area contributed by atoms with Crippen molar-refractivity contribution >= 4 is 17.3 Å². The standard InChI is InChI=1S/C9H15ClN4/c10-9-8(11)7(12-13-9)3-6-14-4-1-2-5-14/h1-6,11H2,(H,12,13). The van der Waals surface area contributed by atoms with Gasteiger partial charge in [0.25, 0.3) is 0 Å². The zero-order chi connectivity index (χ0) is 9.97. The molecule has 0 atom stereocenters. The normalized spacial score (nSPS) is 17.8. The second-order valence-corrected chi connectivity index (χ2v) is 4.06. The van der Waals surface area contributed by atoms with Crippen LogP contribution in [0.1, 0.15) is 18.5 Å². The predicted octanol–water partition coefficient (Wildman–Crippen LogP) is 1.28. The minimum absolute atomic E-state index is 0.390. The molecule has 0 spiro atoms. The van der Waals surface area contributed by atoms with Crippen molar-refractivity contribution in [2.75, 3.05) is 25.4 Å². The lowest BCUT2D eigenvalue weighted by Gasteiger charge is -2.13. The molecule has 3 N–H and O–H groups in total. The number of nitrogens with one attached hydrogen (secondary N) is 1. The molecule has 0 amide bonds. The summed E-state index contributed by atoms with van der Waals surface area (Å²) in [5, 5.41) is 7.11. The molecule has 1 aromatic rings.